The van der Waals surface area contributed by atoms with Crippen molar-refractivity contribution in [1.82, 2.24) is 5.01 Å². The molecule has 0 aliphatic carbocycles. The number of amides is 2. The van der Waals surface area contributed by atoms with Crippen molar-refractivity contribution in [3.63, 3.8) is 0 Å². The minimum absolute atomic E-state index is 0.0628. The summed E-state index contributed by atoms with van der Waals surface area (Å²) in [6, 6.07) is 24.9. The summed E-state index contributed by atoms with van der Waals surface area (Å²) in [5.41, 5.74) is 4.49. The van der Waals surface area contributed by atoms with Gasteiger partial charge in [0, 0.05) is 24.1 Å². The van der Waals surface area contributed by atoms with Gasteiger partial charge in [0.1, 0.15) is 0 Å². The molecule has 3 aromatic rings. The highest BCUT2D eigenvalue weighted by Crippen LogP contribution is 2.28. The van der Waals surface area contributed by atoms with Crippen molar-refractivity contribution in [3.05, 3.63) is 107 Å². The molecule has 0 saturated heterocycles. The first-order valence-corrected chi connectivity index (χ1v) is 12.5. The van der Waals surface area contributed by atoms with Crippen molar-refractivity contribution in [1.29, 1.82) is 0 Å². The second-order valence-corrected chi connectivity index (χ2v) is 9.73. The van der Waals surface area contributed by atoms with Gasteiger partial charge < -0.3 is 5.32 Å². The average Bonchev–Trinajstić information content (AvgIpc) is 3.30. The first-order chi connectivity index (χ1) is 17.3. The van der Waals surface area contributed by atoms with E-state index in [1.807, 2.05) is 105 Å². The zero-order chi connectivity index (χ0) is 25.7. The Morgan fingerprint density at radius 1 is 1.00 bits per heavy atom. The first-order valence-electron chi connectivity index (χ1n) is 12.1. The van der Waals surface area contributed by atoms with Crippen LogP contribution in [0.25, 0.3) is 6.08 Å². The Bertz CT molecular complexity index is 1270. The number of hydrazone groups is 1. The van der Waals surface area contributed by atoms with Gasteiger partial charge in [0.05, 0.1) is 17.7 Å². The van der Waals surface area contributed by atoms with E-state index in [9.17, 15) is 9.59 Å². The number of halogens is 1. The number of nitrogens with one attached hydrogen (secondary N) is 1. The number of benzene rings is 3. The molecular weight excluding hydrogens is 470 g/mol. The van der Waals surface area contributed by atoms with E-state index in [1.54, 1.807) is 0 Å². The Morgan fingerprint density at radius 2 is 1.67 bits per heavy atom. The number of hydrogen-bond acceptors (Lipinski definition) is 3. The van der Waals surface area contributed by atoms with Gasteiger partial charge in [-0.2, -0.15) is 5.10 Å². The third-order valence-electron chi connectivity index (χ3n) is 6.24. The Labute approximate surface area is 217 Å². The van der Waals surface area contributed by atoms with Crippen LogP contribution >= 0.6 is 11.6 Å². The summed E-state index contributed by atoms with van der Waals surface area (Å²) in [6.07, 6.45) is 4.66. The largest absolute Gasteiger partial charge is 0.326 e. The molecule has 0 spiro atoms. The van der Waals surface area contributed by atoms with Gasteiger partial charge in [-0.15, -0.1) is 0 Å². The van der Waals surface area contributed by atoms with Crippen molar-refractivity contribution in [2.24, 2.45) is 11.0 Å². The fourth-order valence-electron chi connectivity index (χ4n) is 4.42. The number of nitrogens with zero attached hydrogens (tertiary/aromatic N) is 2. The maximum absolute atomic E-state index is 13.1. The van der Waals surface area contributed by atoms with Crippen LogP contribution in [0.2, 0.25) is 5.02 Å². The van der Waals surface area contributed by atoms with Crippen LogP contribution in [-0.2, 0) is 9.59 Å². The van der Waals surface area contributed by atoms with Crippen molar-refractivity contribution in [3.8, 4) is 0 Å². The summed E-state index contributed by atoms with van der Waals surface area (Å²) in [7, 11) is 0. The van der Waals surface area contributed by atoms with E-state index >= 15 is 0 Å². The molecule has 0 aromatic heterocycles. The van der Waals surface area contributed by atoms with Crippen LogP contribution in [0.5, 0.6) is 0 Å². The summed E-state index contributed by atoms with van der Waals surface area (Å²) in [4.78, 5) is 25.3. The van der Waals surface area contributed by atoms with Gasteiger partial charge in [0.25, 0.3) is 0 Å². The predicted molar refractivity (Wildman–Crippen MR) is 147 cm³/mol. The molecule has 6 heteroatoms. The van der Waals surface area contributed by atoms with Crippen LogP contribution in [0.3, 0.4) is 0 Å². The summed E-state index contributed by atoms with van der Waals surface area (Å²) >= 11 is 6.02. The van der Waals surface area contributed by atoms with Crippen molar-refractivity contribution < 1.29 is 9.59 Å². The number of rotatable bonds is 7. The van der Waals surface area contributed by atoms with Gasteiger partial charge in [-0.3, -0.25) is 9.59 Å². The van der Waals surface area contributed by atoms with Gasteiger partial charge in [0.2, 0.25) is 11.8 Å². The third-order valence-corrected chi connectivity index (χ3v) is 6.49. The minimum Gasteiger partial charge on any atom is -0.326 e. The van der Waals surface area contributed by atoms with Crippen LogP contribution in [0, 0.1) is 5.92 Å². The summed E-state index contributed by atoms with van der Waals surface area (Å²) in [5, 5.41) is 9.81. The molecule has 1 heterocycles. The van der Waals surface area contributed by atoms with Crippen LogP contribution in [-0.4, -0.2) is 28.6 Å². The Hall–Kier alpha value is -3.70. The topological polar surface area (TPSA) is 61.8 Å². The summed E-state index contributed by atoms with van der Waals surface area (Å²) in [6.45, 7) is 5.59. The maximum Gasteiger partial charge on any atom is 0.240 e. The fraction of sp³-hybridized carbons (Fsp3) is 0.233. The smallest absolute Gasteiger partial charge is 0.240 e. The van der Waals surface area contributed by atoms with Crippen molar-refractivity contribution in [2.45, 2.75) is 39.2 Å². The van der Waals surface area contributed by atoms with E-state index in [4.69, 9.17) is 11.6 Å². The molecule has 4 rings (SSSR count). The van der Waals surface area contributed by atoms with Crippen LogP contribution in [0.15, 0.2) is 90.0 Å². The highest BCUT2D eigenvalue weighted by Gasteiger charge is 2.28. The molecule has 5 nitrogen and oxygen atoms in total. The van der Waals surface area contributed by atoms with E-state index in [1.165, 1.54) is 11.9 Å². The van der Waals surface area contributed by atoms with E-state index < -0.39 is 0 Å². The normalized spacial score (nSPS) is 16.3. The van der Waals surface area contributed by atoms with E-state index in [2.05, 4.69) is 10.4 Å². The molecule has 1 aliphatic heterocycles. The first kappa shape index (κ1) is 25.4. The molecule has 0 fully saturated rings. The lowest BCUT2D eigenvalue weighted by atomic mass is 9.87. The van der Waals surface area contributed by atoms with Crippen LogP contribution in [0.4, 0.5) is 5.69 Å². The molecule has 0 saturated carbocycles. The summed E-state index contributed by atoms with van der Waals surface area (Å²) in [5.74, 6) is -0.329. The Balaban J connectivity index is 1.46. The van der Waals surface area contributed by atoms with E-state index in [-0.39, 0.29) is 29.7 Å². The Kier molecular flexibility index (Phi) is 8.01. The SMILES string of the molecule is CC(=O)N1N=C(c2ccc(NC(=O)C(c3ccc(Cl)cc3)C(C)C)cc2)CC1/C=C/c1ccccc1. The average molecular weight is 500 g/mol. The van der Waals surface area contributed by atoms with Crippen molar-refractivity contribution >= 4 is 40.9 Å². The van der Waals surface area contributed by atoms with Gasteiger partial charge in [-0.25, -0.2) is 5.01 Å². The van der Waals surface area contributed by atoms with E-state index in [0.717, 1.165) is 22.4 Å². The molecule has 2 atom stereocenters. The molecule has 1 aliphatic rings. The quantitative estimate of drug-likeness (QED) is 0.390. The van der Waals surface area contributed by atoms with Gasteiger partial charge >= 0.3 is 0 Å². The minimum atomic E-state index is -0.289. The molecule has 2 amide bonds. The number of hydrogen-bond donors (Lipinski definition) is 1. The molecule has 2 unspecified atom stereocenters. The molecule has 0 radical (unpaired) electrons. The highest BCUT2D eigenvalue weighted by atomic mass is 35.5. The number of carbonyl (C=O) groups is 2. The second-order valence-electron chi connectivity index (χ2n) is 9.29. The zero-order valence-corrected chi connectivity index (χ0v) is 21.4. The molecule has 0 bridgehead atoms. The Morgan fingerprint density at radius 3 is 2.28 bits per heavy atom. The third kappa shape index (κ3) is 6.10. The lowest BCUT2D eigenvalue weighted by Crippen LogP contribution is -2.29. The molecule has 36 heavy (non-hydrogen) atoms. The van der Waals surface area contributed by atoms with Gasteiger partial charge in [0.15, 0.2) is 0 Å². The van der Waals surface area contributed by atoms with Crippen molar-refractivity contribution in [2.75, 3.05) is 5.32 Å². The zero-order valence-electron chi connectivity index (χ0n) is 20.7. The summed E-state index contributed by atoms with van der Waals surface area (Å²) < 4.78 is 0. The number of carbonyl (C=O) groups excluding carboxylic acids is 2. The van der Waals surface area contributed by atoms with Gasteiger partial charge in [-0.05, 0) is 46.9 Å². The monoisotopic (exact) mass is 499 g/mol. The lowest BCUT2D eigenvalue weighted by molar-refractivity contribution is -0.129. The fourth-order valence-corrected chi connectivity index (χ4v) is 4.55. The molecular formula is C30H30ClN3O2. The second kappa shape index (κ2) is 11.4. The van der Waals surface area contributed by atoms with Crippen LogP contribution < -0.4 is 5.32 Å². The lowest BCUT2D eigenvalue weighted by Gasteiger charge is -2.21. The highest BCUT2D eigenvalue weighted by molar-refractivity contribution is 6.30. The van der Waals surface area contributed by atoms with E-state index in [0.29, 0.717) is 17.1 Å². The maximum atomic E-state index is 13.1. The molecule has 3 aromatic carbocycles. The molecule has 184 valence electrons. The predicted octanol–water partition coefficient (Wildman–Crippen LogP) is 6.76. The van der Waals surface area contributed by atoms with Gasteiger partial charge in [-0.1, -0.05) is 92.2 Å². The number of anilines is 1. The van der Waals surface area contributed by atoms with Crippen LogP contribution in [0.1, 0.15) is 49.8 Å². The standard InChI is InChI=1S/C30H30ClN3O2/c1-20(2)29(24-10-14-25(31)15-11-24)30(36)32-26-16-12-23(13-17-26)28-19-27(34(33-28)21(3)35)18-9-22-7-5-4-6-8-22/h4-18,20,27,29H,19H2,1-3H3,(H,32,36)/b18-9+. The molecule has 1 N–H and O–H groups in total.